The summed E-state index contributed by atoms with van der Waals surface area (Å²) in [4.78, 5) is 4.39. The topological polar surface area (TPSA) is 86.5 Å². The second kappa shape index (κ2) is 7.20. The first kappa shape index (κ1) is 15.4. The van der Waals surface area contributed by atoms with E-state index < -0.39 is 0 Å². The maximum absolute atomic E-state index is 8.81. The summed E-state index contributed by atoms with van der Waals surface area (Å²) in [6.45, 7) is 2.74. The van der Waals surface area contributed by atoms with Crippen LogP contribution < -0.4 is 10.6 Å². The summed E-state index contributed by atoms with van der Waals surface area (Å²) in [7, 11) is 0. The van der Waals surface area contributed by atoms with E-state index in [1.807, 2.05) is 12.1 Å². The highest BCUT2D eigenvalue weighted by Gasteiger charge is 2.03. The SMILES string of the molecule is Cc1ccccc1CNc1cnnc(Nc2ccc(C#N)cc2)n1. The summed E-state index contributed by atoms with van der Waals surface area (Å²) in [5.41, 5.74) is 3.83. The Morgan fingerprint density at radius 1 is 1.08 bits per heavy atom. The van der Waals surface area contributed by atoms with E-state index in [1.165, 1.54) is 11.1 Å². The van der Waals surface area contributed by atoms with E-state index in [9.17, 15) is 0 Å². The van der Waals surface area contributed by atoms with Crippen LogP contribution in [0.15, 0.2) is 54.7 Å². The van der Waals surface area contributed by atoms with E-state index in [0.29, 0.717) is 23.9 Å². The van der Waals surface area contributed by atoms with Gasteiger partial charge in [-0.3, -0.25) is 0 Å². The Hall–Kier alpha value is -3.46. The molecule has 1 aromatic heterocycles. The van der Waals surface area contributed by atoms with Gasteiger partial charge in [-0.2, -0.15) is 15.3 Å². The van der Waals surface area contributed by atoms with Gasteiger partial charge in [-0.1, -0.05) is 24.3 Å². The summed E-state index contributed by atoms with van der Waals surface area (Å²) >= 11 is 0. The molecule has 0 aliphatic rings. The lowest BCUT2D eigenvalue weighted by Gasteiger charge is -2.09. The molecule has 2 N–H and O–H groups in total. The molecule has 2 aromatic carbocycles. The fourth-order valence-electron chi connectivity index (χ4n) is 2.19. The van der Waals surface area contributed by atoms with E-state index in [2.05, 4.69) is 50.9 Å². The zero-order valence-corrected chi connectivity index (χ0v) is 13.2. The highest BCUT2D eigenvalue weighted by atomic mass is 15.3. The lowest BCUT2D eigenvalue weighted by Crippen LogP contribution is -2.06. The summed E-state index contributed by atoms with van der Waals surface area (Å²) in [5, 5.41) is 23.1. The van der Waals surface area contributed by atoms with Gasteiger partial charge in [0.25, 0.3) is 0 Å². The molecule has 0 fully saturated rings. The fraction of sp³-hybridized carbons (Fsp3) is 0.111. The normalized spacial score (nSPS) is 10.0. The number of aromatic nitrogens is 3. The average molecular weight is 316 g/mol. The molecule has 0 spiro atoms. The maximum Gasteiger partial charge on any atom is 0.249 e. The Morgan fingerprint density at radius 3 is 2.62 bits per heavy atom. The molecular formula is C18H16N6. The molecule has 0 saturated carbocycles. The average Bonchev–Trinajstić information content (AvgIpc) is 2.62. The number of nitrogens with zero attached hydrogens (tertiary/aromatic N) is 4. The van der Waals surface area contributed by atoms with Gasteiger partial charge >= 0.3 is 0 Å². The van der Waals surface area contributed by atoms with Gasteiger partial charge < -0.3 is 10.6 Å². The predicted molar refractivity (Wildman–Crippen MR) is 92.8 cm³/mol. The standard InChI is InChI=1S/C18H16N6/c1-13-4-2-3-5-15(13)11-20-17-12-21-24-18(23-17)22-16-8-6-14(10-19)7-9-16/h2-9,12H,11H2,1H3,(H2,20,22,23,24). The molecule has 0 radical (unpaired) electrons. The van der Waals surface area contributed by atoms with Gasteiger partial charge in [-0.05, 0) is 42.3 Å². The van der Waals surface area contributed by atoms with E-state index in [1.54, 1.807) is 30.5 Å². The van der Waals surface area contributed by atoms with Crippen LogP contribution in [0.2, 0.25) is 0 Å². The minimum atomic E-state index is 0.398. The van der Waals surface area contributed by atoms with Crippen LogP contribution in [0, 0.1) is 18.3 Å². The van der Waals surface area contributed by atoms with Crippen molar-refractivity contribution < 1.29 is 0 Å². The Kier molecular flexibility index (Phi) is 4.63. The van der Waals surface area contributed by atoms with Gasteiger partial charge in [0.2, 0.25) is 5.95 Å². The second-order valence-corrected chi connectivity index (χ2v) is 5.26. The smallest absolute Gasteiger partial charge is 0.249 e. The van der Waals surface area contributed by atoms with Crippen molar-refractivity contribution in [3.05, 3.63) is 71.4 Å². The molecule has 0 aliphatic heterocycles. The molecule has 1 heterocycles. The minimum absolute atomic E-state index is 0.398. The molecule has 6 nitrogen and oxygen atoms in total. The van der Waals surface area contributed by atoms with Crippen LogP contribution in [0.4, 0.5) is 17.5 Å². The van der Waals surface area contributed by atoms with Crippen LogP contribution >= 0.6 is 0 Å². The van der Waals surface area contributed by atoms with E-state index in [-0.39, 0.29) is 0 Å². The summed E-state index contributed by atoms with van der Waals surface area (Å²) in [6, 6.07) is 17.3. The van der Waals surface area contributed by atoms with Crippen molar-refractivity contribution in [1.82, 2.24) is 15.2 Å². The Bertz CT molecular complexity index is 867. The number of benzene rings is 2. The zero-order valence-electron chi connectivity index (χ0n) is 13.2. The Labute approximate surface area is 140 Å². The van der Waals surface area contributed by atoms with Gasteiger partial charge in [-0.25, -0.2) is 0 Å². The molecule has 0 saturated heterocycles. The van der Waals surface area contributed by atoms with Gasteiger partial charge in [-0.15, -0.1) is 5.10 Å². The largest absolute Gasteiger partial charge is 0.365 e. The van der Waals surface area contributed by atoms with Crippen LogP contribution in [0.25, 0.3) is 0 Å². The van der Waals surface area contributed by atoms with E-state index in [4.69, 9.17) is 5.26 Å². The molecule has 0 aliphatic carbocycles. The van der Waals surface area contributed by atoms with E-state index in [0.717, 1.165) is 5.69 Å². The third kappa shape index (κ3) is 3.84. The van der Waals surface area contributed by atoms with Crippen LogP contribution in [0.3, 0.4) is 0 Å². The molecule has 24 heavy (non-hydrogen) atoms. The van der Waals surface area contributed by atoms with Crippen molar-refractivity contribution >= 4 is 17.5 Å². The van der Waals surface area contributed by atoms with Gasteiger partial charge in [0, 0.05) is 12.2 Å². The monoisotopic (exact) mass is 316 g/mol. The lowest BCUT2D eigenvalue weighted by atomic mass is 10.1. The highest BCUT2D eigenvalue weighted by molar-refractivity contribution is 5.55. The molecule has 0 bridgehead atoms. The molecule has 0 unspecified atom stereocenters. The van der Waals surface area contributed by atoms with Gasteiger partial charge in [0.15, 0.2) is 5.82 Å². The number of rotatable bonds is 5. The molecular weight excluding hydrogens is 300 g/mol. The number of hydrogen-bond donors (Lipinski definition) is 2. The van der Waals surface area contributed by atoms with Crippen LogP contribution in [0.1, 0.15) is 16.7 Å². The van der Waals surface area contributed by atoms with Crippen molar-refractivity contribution in [3.8, 4) is 6.07 Å². The number of aryl methyl sites for hydroxylation is 1. The third-order valence-electron chi connectivity index (χ3n) is 3.55. The molecule has 3 rings (SSSR count). The van der Waals surface area contributed by atoms with Gasteiger partial charge in [0.1, 0.15) is 0 Å². The predicted octanol–water partition coefficient (Wildman–Crippen LogP) is 3.41. The summed E-state index contributed by atoms with van der Waals surface area (Å²) < 4.78 is 0. The highest BCUT2D eigenvalue weighted by Crippen LogP contribution is 2.15. The first-order valence-electron chi connectivity index (χ1n) is 7.50. The molecule has 118 valence electrons. The van der Waals surface area contributed by atoms with E-state index >= 15 is 0 Å². The number of nitrogens with one attached hydrogen (secondary N) is 2. The minimum Gasteiger partial charge on any atom is -0.365 e. The van der Waals surface area contributed by atoms with Crippen molar-refractivity contribution in [1.29, 1.82) is 5.26 Å². The summed E-state index contributed by atoms with van der Waals surface area (Å²) in [6.07, 6.45) is 1.59. The van der Waals surface area contributed by atoms with Crippen LogP contribution in [0.5, 0.6) is 0 Å². The van der Waals surface area contributed by atoms with Crippen LogP contribution in [-0.4, -0.2) is 15.2 Å². The summed E-state index contributed by atoms with van der Waals surface area (Å²) in [5.74, 6) is 1.04. The lowest BCUT2D eigenvalue weighted by molar-refractivity contribution is 0.964. The molecule has 3 aromatic rings. The zero-order chi connectivity index (χ0) is 16.8. The first-order valence-corrected chi connectivity index (χ1v) is 7.50. The number of hydrogen-bond acceptors (Lipinski definition) is 6. The van der Waals surface area contributed by atoms with Crippen molar-refractivity contribution in [2.24, 2.45) is 0 Å². The maximum atomic E-state index is 8.81. The van der Waals surface area contributed by atoms with Crippen molar-refractivity contribution in [2.45, 2.75) is 13.5 Å². The fourth-order valence-corrected chi connectivity index (χ4v) is 2.19. The second-order valence-electron chi connectivity index (χ2n) is 5.26. The van der Waals surface area contributed by atoms with Crippen LogP contribution in [-0.2, 0) is 6.54 Å². The first-order chi connectivity index (χ1) is 11.7. The molecule has 0 amide bonds. The Morgan fingerprint density at radius 2 is 1.88 bits per heavy atom. The number of anilines is 3. The quantitative estimate of drug-likeness (QED) is 0.750. The Balaban J connectivity index is 1.67. The van der Waals surface area contributed by atoms with Crippen molar-refractivity contribution in [3.63, 3.8) is 0 Å². The third-order valence-corrected chi connectivity index (χ3v) is 3.55. The molecule has 0 atom stereocenters. The van der Waals surface area contributed by atoms with Crippen molar-refractivity contribution in [2.75, 3.05) is 10.6 Å². The van der Waals surface area contributed by atoms with Gasteiger partial charge in [0.05, 0.1) is 17.8 Å². The number of nitriles is 1. The molecule has 6 heteroatoms.